The summed E-state index contributed by atoms with van der Waals surface area (Å²) in [6, 6.07) is 14.4. The molecular weight excluding hydrogens is 392 g/mol. The molecule has 2 aliphatic heterocycles. The van der Waals surface area contributed by atoms with Crippen molar-refractivity contribution in [3.63, 3.8) is 0 Å². The number of aliphatic carboxylic acids is 1. The van der Waals surface area contributed by atoms with Crippen molar-refractivity contribution in [2.45, 2.75) is 19.4 Å². The lowest BCUT2D eigenvalue weighted by molar-refractivity contribution is -0.138. The standard InChI is InChI=1S/C25H26N2O4/c28-22-14-18-3-1-2-4-20(18)24(22)25-21-6-5-17(13-19(21)16-31-25)7-8-26-9-11-27(12-10-26)15-23(29)30/h1-6,13H,7-12,14-16H2,(H,29,30)/b25-24+. The van der Waals surface area contributed by atoms with Crippen LogP contribution in [0.2, 0.25) is 0 Å². The van der Waals surface area contributed by atoms with Crippen LogP contribution in [0.25, 0.3) is 11.3 Å². The van der Waals surface area contributed by atoms with Gasteiger partial charge < -0.3 is 14.7 Å². The smallest absolute Gasteiger partial charge is 0.317 e. The highest BCUT2D eigenvalue weighted by molar-refractivity contribution is 6.31. The fourth-order valence-electron chi connectivity index (χ4n) is 4.81. The van der Waals surface area contributed by atoms with Crippen LogP contribution >= 0.6 is 0 Å². The third-order valence-electron chi connectivity index (χ3n) is 6.47. The first kappa shape index (κ1) is 20.0. The number of ether oxygens (including phenoxy) is 1. The second kappa shape index (κ2) is 8.29. The van der Waals surface area contributed by atoms with Crippen LogP contribution in [0, 0.1) is 0 Å². The molecule has 0 aromatic heterocycles. The summed E-state index contributed by atoms with van der Waals surface area (Å²) in [5, 5.41) is 8.92. The van der Waals surface area contributed by atoms with E-state index in [9.17, 15) is 9.59 Å². The van der Waals surface area contributed by atoms with Gasteiger partial charge in [0, 0.05) is 50.3 Å². The number of Topliss-reactive ketones (excluding diaryl/α,β-unsaturated/α-hetero) is 1. The lowest BCUT2D eigenvalue weighted by Gasteiger charge is -2.33. The Morgan fingerprint density at radius 2 is 1.74 bits per heavy atom. The number of carboxylic acids is 1. The zero-order valence-electron chi connectivity index (χ0n) is 17.5. The van der Waals surface area contributed by atoms with Gasteiger partial charge in [-0.2, -0.15) is 0 Å². The molecule has 1 saturated heterocycles. The van der Waals surface area contributed by atoms with Crippen LogP contribution in [0.5, 0.6) is 0 Å². The lowest BCUT2D eigenvalue weighted by atomic mass is 9.98. The summed E-state index contributed by atoms with van der Waals surface area (Å²) < 4.78 is 6.02. The summed E-state index contributed by atoms with van der Waals surface area (Å²) in [6.07, 6.45) is 1.39. The topological polar surface area (TPSA) is 70.1 Å². The monoisotopic (exact) mass is 418 g/mol. The number of allylic oxidation sites excluding steroid dienone is 1. The minimum Gasteiger partial charge on any atom is -0.487 e. The fourth-order valence-corrected chi connectivity index (χ4v) is 4.81. The van der Waals surface area contributed by atoms with E-state index in [1.54, 1.807) is 0 Å². The van der Waals surface area contributed by atoms with Crippen LogP contribution in [0.1, 0.15) is 27.8 Å². The minimum absolute atomic E-state index is 0.128. The molecule has 2 aromatic carbocycles. The molecule has 0 unspecified atom stereocenters. The molecule has 2 aromatic rings. The number of rotatable bonds is 5. The number of hydrogen-bond donors (Lipinski definition) is 1. The number of hydrogen-bond acceptors (Lipinski definition) is 5. The van der Waals surface area contributed by atoms with Crippen LogP contribution in [-0.4, -0.2) is 65.9 Å². The van der Waals surface area contributed by atoms with Gasteiger partial charge in [-0.05, 0) is 23.1 Å². The highest BCUT2D eigenvalue weighted by Gasteiger charge is 2.32. The number of carbonyl (C=O) groups is 2. The fraction of sp³-hybridized carbons (Fsp3) is 0.360. The van der Waals surface area contributed by atoms with E-state index in [0.29, 0.717) is 13.0 Å². The van der Waals surface area contributed by atoms with E-state index in [1.807, 2.05) is 29.2 Å². The Morgan fingerprint density at radius 3 is 2.55 bits per heavy atom. The third kappa shape index (κ3) is 4.01. The molecule has 3 aliphatic rings. The normalized spacial score (nSPS) is 21.1. The van der Waals surface area contributed by atoms with Crippen molar-refractivity contribution in [1.29, 1.82) is 0 Å². The van der Waals surface area contributed by atoms with Gasteiger partial charge in [0.15, 0.2) is 5.78 Å². The van der Waals surface area contributed by atoms with Gasteiger partial charge in [0.2, 0.25) is 0 Å². The maximum atomic E-state index is 12.7. The number of benzene rings is 2. The third-order valence-corrected chi connectivity index (χ3v) is 6.47. The second-order valence-electron chi connectivity index (χ2n) is 8.50. The number of piperazine rings is 1. The summed E-state index contributed by atoms with van der Waals surface area (Å²) in [5.41, 5.74) is 6.24. The first-order valence-corrected chi connectivity index (χ1v) is 10.9. The zero-order chi connectivity index (χ0) is 21.4. The molecule has 1 fully saturated rings. The molecule has 0 radical (unpaired) electrons. The Kier molecular flexibility index (Phi) is 5.34. The molecule has 6 nitrogen and oxygen atoms in total. The summed E-state index contributed by atoms with van der Waals surface area (Å²) in [6.45, 7) is 5.00. The number of ketones is 1. The van der Waals surface area contributed by atoms with Gasteiger partial charge in [0.05, 0.1) is 12.1 Å². The molecule has 0 bridgehead atoms. The van der Waals surface area contributed by atoms with Crippen LogP contribution < -0.4 is 0 Å². The van der Waals surface area contributed by atoms with E-state index in [2.05, 4.69) is 23.1 Å². The molecule has 0 amide bonds. The van der Waals surface area contributed by atoms with Crippen molar-refractivity contribution in [3.05, 3.63) is 70.3 Å². The second-order valence-corrected chi connectivity index (χ2v) is 8.50. The van der Waals surface area contributed by atoms with E-state index in [4.69, 9.17) is 9.84 Å². The molecular formula is C25H26N2O4. The molecule has 6 heteroatoms. The lowest BCUT2D eigenvalue weighted by Crippen LogP contribution is -2.48. The SMILES string of the molecule is O=C(O)CN1CCN(CCc2ccc3c(c2)CO/C3=C2/C(=O)Cc3ccccc32)CC1. The summed E-state index contributed by atoms with van der Waals surface area (Å²) >= 11 is 0. The maximum Gasteiger partial charge on any atom is 0.317 e. The zero-order valence-corrected chi connectivity index (χ0v) is 17.5. The van der Waals surface area contributed by atoms with Crippen LogP contribution in [0.15, 0.2) is 42.5 Å². The Bertz CT molecular complexity index is 1070. The van der Waals surface area contributed by atoms with Crippen molar-refractivity contribution in [2.24, 2.45) is 0 Å². The maximum absolute atomic E-state index is 12.7. The molecule has 160 valence electrons. The van der Waals surface area contributed by atoms with Crippen LogP contribution in [0.3, 0.4) is 0 Å². The van der Waals surface area contributed by atoms with E-state index in [0.717, 1.165) is 72.7 Å². The Labute approximate surface area is 181 Å². The number of nitrogens with zero attached hydrogens (tertiary/aromatic N) is 2. The largest absolute Gasteiger partial charge is 0.487 e. The molecule has 1 aliphatic carbocycles. The molecule has 0 spiro atoms. The highest BCUT2D eigenvalue weighted by Crippen LogP contribution is 2.40. The average molecular weight is 418 g/mol. The van der Waals surface area contributed by atoms with Gasteiger partial charge in [-0.15, -0.1) is 0 Å². The number of fused-ring (bicyclic) bond motifs is 2. The average Bonchev–Trinajstić information content (AvgIpc) is 3.32. The van der Waals surface area contributed by atoms with Crippen molar-refractivity contribution in [3.8, 4) is 0 Å². The first-order valence-electron chi connectivity index (χ1n) is 10.9. The number of carboxylic acid groups (broad SMARTS) is 1. The molecule has 2 heterocycles. The Hall–Kier alpha value is -2.96. The minimum atomic E-state index is -0.758. The van der Waals surface area contributed by atoms with Crippen LogP contribution in [0.4, 0.5) is 0 Å². The van der Waals surface area contributed by atoms with E-state index >= 15 is 0 Å². The van der Waals surface area contributed by atoms with E-state index in [1.165, 1.54) is 5.56 Å². The number of carbonyl (C=O) groups excluding carboxylic acids is 1. The van der Waals surface area contributed by atoms with Gasteiger partial charge in [-0.3, -0.25) is 14.5 Å². The van der Waals surface area contributed by atoms with Crippen molar-refractivity contribution >= 4 is 23.1 Å². The highest BCUT2D eigenvalue weighted by atomic mass is 16.5. The van der Waals surface area contributed by atoms with Gasteiger partial charge in [0.1, 0.15) is 12.4 Å². The molecule has 0 saturated carbocycles. The van der Waals surface area contributed by atoms with E-state index in [-0.39, 0.29) is 12.3 Å². The van der Waals surface area contributed by atoms with E-state index < -0.39 is 5.97 Å². The predicted molar refractivity (Wildman–Crippen MR) is 117 cm³/mol. The van der Waals surface area contributed by atoms with Crippen molar-refractivity contribution < 1.29 is 19.4 Å². The van der Waals surface area contributed by atoms with Gasteiger partial charge in [-0.25, -0.2) is 0 Å². The molecule has 31 heavy (non-hydrogen) atoms. The van der Waals surface area contributed by atoms with Crippen molar-refractivity contribution in [1.82, 2.24) is 9.80 Å². The Morgan fingerprint density at radius 1 is 0.968 bits per heavy atom. The predicted octanol–water partition coefficient (Wildman–Crippen LogP) is 2.46. The summed E-state index contributed by atoms with van der Waals surface area (Å²) in [7, 11) is 0. The van der Waals surface area contributed by atoms with Gasteiger partial charge in [-0.1, -0.05) is 42.5 Å². The molecule has 1 N–H and O–H groups in total. The first-order chi connectivity index (χ1) is 15.1. The Balaban J connectivity index is 1.27. The van der Waals surface area contributed by atoms with Gasteiger partial charge in [0.25, 0.3) is 0 Å². The quantitative estimate of drug-likeness (QED) is 0.753. The van der Waals surface area contributed by atoms with Crippen LogP contribution in [-0.2, 0) is 33.8 Å². The van der Waals surface area contributed by atoms with Gasteiger partial charge >= 0.3 is 5.97 Å². The molecule has 0 atom stereocenters. The summed E-state index contributed by atoms with van der Waals surface area (Å²) in [4.78, 5) is 27.9. The molecule has 5 rings (SSSR count). The van der Waals surface area contributed by atoms with Crippen molar-refractivity contribution in [2.75, 3.05) is 39.3 Å². The summed E-state index contributed by atoms with van der Waals surface area (Å²) in [5.74, 6) is 0.104.